The summed E-state index contributed by atoms with van der Waals surface area (Å²) >= 11 is 0. The molecule has 228 valence electrons. The highest BCUT2D eigenvalue weighted by atomic mass is 19.1. The molecule has 2 aromatic carbocycles. The van der Waals surface area contributed by atoms with Crippen molar-refractivity contribution in [2.45, 2.75) is 26.8 Å². The van der Waals surface area contributed by atoms with E-state index in [4.69, 9.17) is 4.74 Å². The van der Waals surface area contributed by atoms with Gasteiger partial charge in [-0.3, -0.25) is 14.6 Å². The summed E-state index contributed by atoms with van der Waals surface area (Å²) in [5.41, 5.74) is 3.08. The van der Waals surface area contributed by atoms with Crippen LogP contribution in [0.1, 0.15) is 19.5 Å². The molecule has 1 unspecified atom stereocenters. The number of nitrogens with zero attached hydrogens (tertiary/aromatic N) is 5. The normalized spacial score (nSPS) is 15.2. The minimum atomic E-state index is -1.29. The average Bonchev–Trinajstić information content (AvgIpc) is 3.48. The Kier molecular flexibility index (Phi) is 7.71. The zero-order valence-electron chi connectivity index (χ0n) is 24.6. The number of carbonyl (C=O) groups is 3. The third-order valence-corrected chi connectivity index (χ3v) is 7.43. The van der Waals surface area contributed by atoms with Gasteiger partial charge in [0.2, 0.25) is 11.8 Å². The SMILES string of the molecule is Cc1cccc(-c2cc(Oc3ccc(NC(=O)C4CN(C(C)C)C(=O)N(c5ccc(F)cc5)C4=O)cc3F)c3ccnn3c2)n1. The molecular weight excluding hydrogens is 582 g/mol. The van der Waals surface area contributed by atoms with Crippen molar-refractivity contribution in [1.29, 1.82) is 0 Å². The number of carbonyl (C=O) groups excluding carboxylic acids is 3. The molecule has 1 atom stereocenters. The Hall–Kier alpha value is -5.65. The number of fused-ring (bicyclic) bond motifs is 1. The van der Waals surface area contributed by atoms with E-state index in [1.807, 2.05) is 25.1 Å². The van der Waals surface area contributed by atoms with Crippen LogP contribution in [-0.4, -0.2) is 49.9 Å². The first kappa shape index (κ1) is 29.4. The molecule has 5 aromatic rings. The first-order valence-electron chi connectivity index (χ1n) is 14.2. The lowest BCUT2D eigenvalue weighted by Gasteiger charge is -2.39. The summed E-state index contributed by atoms with van der Waals surface area (Å²) in [5, 5.41) is 6.88. The molecule has 0 spiro atoms. The fourth-order valence-corrected chi connectivity index (χ4v) is 5.12. The van der Waals surface area contributed by atoms with Crippen LogP contribution < -0.4 is 15.0 Å². The van der Waals surface area contributed by atoms with Gasteiger partial charge in [-0.1, -0.05) is 6.07 Å². The zero-order valence-corrected chi connectivity index (χ0v) is 24.6. The van der Waals surface area contributed by atoms with Crippen molar-refractivity contribution in [3.63, 3.8) is 0 Å². The van der Waals surface area contributed by atoms with Crippen LogP contribution in [0.25, 0.3) is 16.8 Å². The molecule has 0 bridgehead atoms. The van der Waals surface area contributed by atoms with E-state index >= 15 is 4.39 Å². The van der Waals surface area contributed by atoms with Crippen molar-refractivity contribution >= 4 is 34.7 Å². The number of nitrogens with one attached hydrogen (secondary N) is 1. The van der Waals surface area contributed by atoms with Gasteiger partial charge < -0.3 is 15.0 Å². The Labute approximate surface area is 256 Å². The van der Waals surface area contributed by atoms with Gasteiger partial charge in [0.1, 0.15) is 17.3 Å². The van der Waals surface area contributed by atoms with E-state index in [0.29, 0.717) is 17.0 Å². The topological polar surface area (TPSA) is 109 Å². The van der Waals surface area contributed by atoms with Gasteiger partial charge in [-0.15, -0.1) is 0 Å². The molecule has 4 heterocycles. The standard InChI is InChI=1S/C33H28F2N6O4/c1-19(2)39-18-25(32(43)41(33(39)44)24-10-7-22(34)8-11-24)31(42)38-23-9-12-29(26(35)16-23)45-30-15-21(17-40-28(30)13-14-36-40)27-6-4-5-20(3)37-27/h4-17,19,25H,18H2,1-3H3,(H,38,42). The molecule has 45 heavy (non-hydrogen) atoms. The molecule has 1 fully saturated rings. The van der Waals surface area contributed by atoms with E-state index in [1.54, 1.807) is 42.9 Å². The van der Waals surface area contributed by atoms with Crippen molar-refractivity contribution in [2.75, 3.05) is 16.8 Å². The minimum absolute atomic E-state index is 0.0891. The number of imide groups is 1. The van der Waals surface area contributed by atoms with Crippen molar-refractivity contribution in [3.8, 4) is 22.8 Å². The van der Waals surface area contributed by atoms with Gasteiger partial charge in [0.25, 0.3) is 0 Å². The molecule has 1 N–H and O–H groups in total. The number of ether oxygens (including phenoxy) is 1. The lowest BCUT2D eigenvalue weighted by atomic mass is 10.0. The first-order valence-corrected chi connectivity index (χ1v) is 14.2. The maximum Gasteiger partial charge on any atom is 0.331 e. The van der Waals surface area contributed by atoms with Crippen LogP contribution in [0.2, 0.25) is 0 Å². The Morgan fingerprint density at radius 1 is 1.00 bits per heavy atom. The number of benzene rings is 2. The number of pyridine rings is 2. The molecule has 0 saturated carbocycles. The maximum atomic E-state index is 15.4. The Morgan fingerprint density at radius 3 is 2.49 bits per heavy atom. The van der Waals surface area contributed by atoms with E-state index in [1.165, 1.54) is 29.2 Å². The fraction of sp³-hybridized carbons (Fsp3) is 0.182. The number of aromatic nitrogens is 3. The molecule has 1 aliphatic rings. The highest BCUT2D eigenvalue weighted by Gasteiger charge is 2.44. The predicted molar refractivity (Wildman–Crippen MR) is 163 cm³/mol. The van der Waals surface area contributed by atoms with Gasteiger partial charge in [-0.05, 0) is 81.4 Å². The number of aryl methyl sites for hydroxylation is 1. The van der Waals surface area contributed by atoms with Gasteiger partial charge in [0.15, 0.2) is 17.3 Å². The maximum absolute atomic E-state index is 15.4. The predicted octanol–water partition coefficient (Wildman–Crippen LogP) is 6.21. The highest BCUT2D eigenvalue weighted by Crippen LogP contribution is 2.33. The smallest absolute Gasteiger partial charge is 0.331 e. The molecule has 12 heteroatoms. The third kappa shape index (κ3) is 5.81. The van der Waals surface area contributed by atoms with Crippen molar-refractivity contribution in [2.24, 2.45) is 5.92 Å². The van der Waals surface area contributed by atoms with Crippen LogP contribution >= 0.6 is 0 Å². The molecule has 3 aromatic heterocycles. The molecule has 6 rings (SSSR count). The lowest BCUT2D eigenvalue weighted by molar-refractivity contribution is -0.132. The number of halogens is 2. The summed E-state index contributed by atoms with van der Waals surface area (Å²) < 4.78 is 36.5. The van der Waals surface area contributed by atoms with E-state index in [9.17, 15) is 18.8 Å². The fourth-order valence-electron chi connectivity index (χ4n) is 5.12. The Balaban J connectivity index is 1.23. The van der Waals surface area contributed by atoms with Gasteiger partial charge in [0, 0.05) is 41.8 Å². The lowest BCUT2D eigenvalue weighted by Crippen LogP contribution is -2.61. The molecule has 10 nitrogen and oxygen atoms in total. The number of anilines is 2. The van der Waals surface area contributed by atoms with Crippen LogP contribution in [0.5, 0.6) is 11.5 Å². The van der Waals surface area contributed by atoms with Crippen LogP contribution in [0.15, 0.2) is 85.2 Å². The summed E-state index contributed by atoms with van der Waals surface area (Å²) in [4.78, 5) is 46.7. The summed E-state index contributed by atoms with van der Waals surface area (Å²) in [6.07, 6.45) is 3.40. The summed E-state index contributed by atoms with van der Waals surface area (Å²) in [6.45, 7) is 5.22. The summed E-state index contributed by atoms with van der Waals surface area (Å²) in [7, 11) is 0. The van der Waals surface area contributed by atoms with Gasteiger partial charge in [-0.2, -0.15) is 5.10 Å². The quantitative estimate of drug-likeness (QED) is 0.220. The van der Waals surface area contributed by atoms with Crippen LogP contribution in [0.3, 0.4) is 0 Å². The molecule has 1 aliphatic heterocycles. The molecule has 0 aliphatic carbocycles. The Bertz CT molecular complexity index is 1940. The second-order valence-electron chi connectivity index (χ2n) is 10.9. The van der Waals surface area contributed by atoms with Crippen LogP contribution in [-0.2, 0) is 9.59 Å². The number of hydrogen-bond acceptors (Lipinski definition) is 6. The van der Waals surface area contributed by atoms with Crippen molar-refractivity contribution in [3.05, 3.63) is 103 Å². The summed E-state index contributed by atoms with van der Waals surface area (Å²) in [6, 6.07) is 16.9. The summed E-state index contributed by atoms with van der Waals surface area (Å²) in [5.74, 6) is -3.83. The van der Waals surface area contributed by atoms with Crippen LogP contribution in [0.4, 0.5) is 25.0 Å². The largest absolute Gasteiger partial charge is 0.452 e. The van der Waals surface area contributed by atoms with Crippen molar-refractivity contribution in [1.82, 2.24) is 19.5 Å². The molecule has 4 amide bonds. The Morgan fingerprint density at radius 2 is 1.78 bits per heavy atom. The number of amides is 4. The second-order valence-corrected chi connectivity index (χ2v) is 10.9. The number of urea groups is 1. The number of rotatable bonds is 7. The molecular formula is C33H28F2N6O4. The van der Waals surface area contributed by atoms with Gasteiger partial charge >= 0.3 is 6.03 Å². The van der Waals surface area contributed by atoms with E-state index in [0.717, 1.165) is 34.4 Å². The highest BCUT2D eigenvalue weighted by molar-refractivity contribution is 6.23. The average molecular weight is 611 g/mol. The minimum Gasteiger partial charge on any atom is -0.452 e. The van der Waals surface area contributed by atoms with Crippen LogP contribution in [0, 0.1) is 24.5 Å². The van der Waals surface area contributed by atoms with Crippen molar-refractivity contribution < 1.29 is 27.9 Å². The third-order valence-electron chi connectivity index (χ3n) is 7.43. The van der Waals surface area contributed by atoms with E-state index in [-0.39, 0.29) is 29.7 Å². The number of hydrogen-bond donors (Lipinski definition) is 1. The van der Waals surface area contributed by atoms with Gasteiger partial charge in [0.05, 0.1) is 17.6 Å². The van der Waals surface area contributed by atoms with E-state index in [2.05, 4.69) is 15.4 Å². The monoisotopic (exact) mass is 610 g/mol. The molecule has 0 radical (unpaired) electrons. The second kappa shape index (κ2) is 11.8. The first-order chi connectivity index (χ1) is 21.6. The van der Waals surface area contributed by atoms with E-state index < -0.39 is 35.4 Å². The zero-order chi connectivity index (χ0) is 31.8. The van der Waals surface area contributed by atoms with Gasteiger partial charge in [-0.25, -0.2) is 23.0 Å². The molecule has 1 saturated heterocycles.